The third-order valence-corrected chi connectivity index (χ3v) is 2.54. The number of carbonyl (C=O) groups is 1. The van der Waals surface area contributed by atoms with E-state index in [1.165, 1.54) is 7.11 Å². The fourth-order valence-electron chi connectivity index (χ4n) is 1.42. The number of aromatic nitrogens is 1. The number of halogens is 1. The molecular weight excluding hydrogens is 242 g/mol. The van der Waals surface area contributed by atoms with Crippen LogP contribution in [0.5, 0.6) is 5.75 Å². The van der Waals surface area contributed by atoms with Crippen molar-refractivity contribution in [2.45, 2.75) is 0 Å². The summed E-state index contributed by atoms with van der Waals surface area (Å²) in [4.78, 5) is 15.2. The molecule has 0 radical (unpaired) electrons. The topological polar surface area (TPSA) is 48.4 Å². The van der Waals surface area contributed by atoms with Gasteiger partial charge in [0.15, 0.2) is 12.4 Å². The summed E-state index contributed by atoms with van der Waals surface area (Å²) >= 11 is 6.01. The average Bonchev–Trinajstić information content (AvgIpc) is 2.37. The Hall–Kier alpha value is -1.81. The molecule has 0 saturated carbocycles. The minimum absolute atomic E-state index is 0.189. The van der Waals surface area contributed by atoms with Crippen molar-refractivity contribution in [1.82, 2.24) is 4.98 Å². The number of esters is 1. The highest BCUT2D eigenvalue weighted by Gasteiger charge is 2.10. The van der Waals surface area contributed by atoms with E-state index in [-0.39, 0.29) is 6.61 Å². The fourth-order valence-corrected chi connectivity index (χ4v) is 1.63. The van der Waals surface area contributed by atoms with Gasteiger partial charge in [-0.1, -0.05) is 23.7 Å². The minimum Gasteiger partial charge on any atom is -0.478 e. The molecule has 0 aliphatic heterocycles. The Morgan fingerprint density at radius 3 is 3.00 bits per heavy atom. The highest BCUT2D eigenvalue weighted by molar-refractivity contribution is 6.33. The van der Waals surface area contributed by atoms with Gasteiger partial charge in [-0.05, 0) is 12.1 Å². The molecule has 1 heterocycles. The molecular formula is C12H10ClNO3. The molecule has 2 rings (SSSR count). The van der Waals surface area contributed by atoms with Crippen LogP contribution in [-0.2, 0) is 9.53 Å². The van der Waals surface area contributed by atoms with Crippen LogP contribution in [0.2, 0.25) is 5.02 Å². The maximum atomic E-state index is 11.0. The molecule has 1 aromatic heterocycles. The fraction of sp³-hybridized carbons (Fsp3) is 0.167. The molecule has 0 bridgehead atoms. The summed E-state index contributed by atoms with van der Waals surface area (Å²) in [6.07, 6.45) is 1.64. The van der Waals surface area contributed by atoms with E-state index in [1.54, 1.807) is 12.3 Å². The van der Waals surface area contributed by atoms with Crippen LogP contribution in [0.3, 0.4) is 0 Å². The molecule has 0 saturated heterocycles. The van der Waals surface area contributed by atoms with E-state index >= 15 is 0 Å². The summed E-state index contributed by atoms with van der Waals surface area (Å²) in [6.45, 7) is -0.189. The van der Waals surface area contributed by atoms with Crippen molar-refractivity contribution in [3.8, 4) is 5.75 Å². The average molecular weight is 252 g/mol. The maximum absolute atomic E-state index is 11.0. The normalized spacial score (nSPS) is 10.2. The molecule has 0 fully saturated rings. The number of rotatable bonds is 3. The smallest absolute Gasteiger partial charge is 0.343 e. The predicted octanol–water partition coefficient (Wildman–Crippen LogP) is 2.44. The van der Waals surface area contributed by atoms with Crippen LogP contribution in [-0.4, -0.2) is 24.7 Å². The van der Waals surface area contributed by atoms with Gasteiger partial charge in [-0.2, -0.15) is 0 Å². The third-order valence-electron chi connectivity index (χ3n) is 2.24. The lowest BCUT2D eigenvalue weighted by molar-refractivity contribution is -0.142. The lowest BCUT2D eigenvalue weighted by Gasteiger charge is -2.09. The standard InChI is InChI=1S/C12H10ClNO3/c1-16-10(15)7-17-12-9(13)5-4-8-3-2-6-14-11(8)12/h2-6H,7H2,1H3. The SMILES string of the molecule is COC(=O)COc1c(Cl)ccc2cccnc12. The Bertz CT molecular complexity index is 556. The number of fused-ring (bicyclic) bond motifs is 1. The quantitative estimate of drug-likeness (QED) is 0.786. The van der Waals surface area contributed by atoms with E-state index in [0.29, 0.717) is 16.3 Å². The number of nitrogens with zero attached hydrogens (tertiary/aromatic N) is 1. The molecule has 0 aliphatic rings. The van der Waals surface area contributed by atoms with Gasteiger partial charge < -0.3 is 9.47 Å². The van der Waals surface area contributed by atoms with Crippen molar-refractivity contribution in [1.29, 1.82) is 0 Å². The predicted molar refractivity (Wildman–Crippen MR) is 64.3 cm³/mol. The van der Waals surface area contributed by atoms with Crippen molar-refractivity contribution in [3.63, 3.8) is 0 Å². The highest BCUT2D eigenvalue weighted by atomic mass is 35.5. The number of hydrogen-bond acceptors (Lipinski definition) is 4. The number of pyridine rings is 1. The first-order chi connectivity index (χ1) is 8.22. The largest absolute Gasteiger partial charge is 0.478 e. The van der Waals surface area contributed by atoms with Crippen LogP contribution in [0.15, 0.2) is 30.5 Å². The van der Waals surface area contributed by atoms with Gasteiger partial charge in [0.25, 0.3) is 0 Å². The molecule has 5 heteroatoms. The van der Waals surface area contributed by atoms with E-state index < -0.39 is 5.97 Å². The molecule has 4 nitrogen and oxygen atoms in total. The summed E-state index contributed by atoms with van der Waals surface area (Å²) in [6, 6.07) is 7.26. The summed E-state index contributed by atoms with van der Waals surface area (Å²) in [5, 5.41) is 1.32. The lowest BCUT2D eigenvalue weighted by Crippen LogP contribution is -2.13. The maximum Gasteiger partial charge on any atom is 0.343 e. The molecule has 2 aromatic rings. The molecule has 0 aliphatic carbocycles. The minimum atomic E-state index is -0.464. The molecule has 88 valence electrons. The van der Waals surface area contributed by atoms with Crippen molar-refractivity contribution < 1.29 is 14.3 Å². The van der Waals surface area contributed by atoms with Gasteiger partial charge in [0.1, 0.15) is 5.52 Å². The Morgan fingerprint density at radius 1 is 1.41 bits per heavy atom. The Labute approximate surface area is 103 Å². The third kappa shape index (κ3) is 2.47. The van der Waals surface area contributed by atoms with E-state index in [4.69, 9.17) is 16.3 Å². The molecule has 0 atom stereocenters. The van der Waals surface area contributed by atoms with Gasteiger partial charge in [0, 0.05) is 11.6 Å². The van der Waals surface area contributed by atoms with E-state index in [1.807, 2.05) is 18.2 Å². The van der Waals surface area contributed by atoms with Crippen LogP contribution in [0.1, 0.15) is 0 Å². The van der Waals surface area contributed by atoms with Crippen LogP contribution in [0.4, 0.5) is 0 Å². The summed E-state index contributed by atoms with van der Waals surface area (Å²) in [5.74, 6) is -0.0656. The molecule has 0 unspecified atom stereocenters. The molecule has 0 amide bonds. The number of benzene rings is 1. The molecule has 1 aromatic carbocycles. The zero-order valence-electron chi connectivity index (χ0n) is 9.14. The summed E-state index contributed by atoms with van der Waals surface area (Å²) in [7, 11) is 1.30. The van der Waals surface area contributed by atoms with Gasteiger partial charge >= 0.3 is 5.97 Å². The monoisotopic (exact) mass is 251 g/mol. The Balaban J connectivity index is 2.37. The van der Waals surface area contributed by atoms with E-state index in [0.717, 1.165) is 5.39 Å². The van der Waals surface area contributed by atoms with Crippen molar-refractivity contribution >= 4 is 28.5 Å². The van der Waals surface area contributed by atoms with Crippen LogP contribution >= 0.6 is 11.6 Å². The van der Waals surface area contributed by atoms with Gasteiger partial charge in [-0.15, -0.1) is 0 Å². The summed E-state index contributed by atoms with van der Waals surface area (Å²) < 4.78 is 9.83. The molecule has 0 spiro atoms. The second-order valence-electron chi connectivity index (χ2n) is 3.32. The zero-order valence-corrected chi connectivity index (χ0v) is 9.90. The van der Waals surface area contributed by atoms with Crippen molar-refractivity contribution in [2.75, 3.05) is 13.7 Å². The van der Waals surface area contributed by atoms with Gasteiger partial charge in [0.05, 0.1) is 12.1 Å². The van der Waals surface area contributed by atoms with Crippen LogP contribution < -0.4 is 4.74 Å². The zero-order chi connectivity index (χ0) is 12.3. The van der Waals surface area contributed by atoms with Crippen molar-refractivity contribution in [3.05, 3.63) is 35.5 Å². The van der Waals surface area contributed by atoms with Gasteiger partial charge in [-0.25, -0.2) is 4.79 Å². The Kier molecular flexibility index (Phi) is 3.44. The highest BCUT2D eigenvalue weighted by Crippen LogP contribution is 2.31. The van der Waals surface area contributed by atoms with E-state index in [2.05, 4.69) is 9.72 Å². The number of ether oxygens (including phenoxy) is 2. The Morgan fingerprint density at radius 2 is 2.24 bits per heavy atom. The van der Waals surface area contributed by atoms with Crippen LogP contribution in [0, 0.1) is 0 Å². The number of carbonyl (C=O) groups excluding carboxylic acids is 1. The second-order valence-corrected chi connectivity index (χ2v) is 3.72. The van der Waals surface area contributed by atoms with Crippen molar-refractivity contribution in [2.24, 2.45) is 0 Å². The molecule has 17 heavy (non-hydrogen) atoms. The second kappa shape index (κ2) is 5.01. The first kappa shape index (κ1) is 11.7. The molecule has 0 N–H and O–H groups in total. The number of hydrogen-bond donors (Lipinski definition) is 0. The van der Waals surface area contributed by atoms with Crippen LogP contribution in [0.25, 0.3) is 10.9 Å². The lowest BCUT2D eigenvalue weighted by atomic mass is 10.2. The van der Waals surface area contributed by atoms with Gasteiger partial charge in [-0.3, -0.25) is 4.98 Å². The van der Waals surface area contributed by atoms with E-state index in [9.17, 15) is 4.79 Å². The summed E-state index contributed by atoms with van der Waals surface area (Å²) in [5.41, 5.74) is 0.629. The number of methoxy groups -OCH3 is 1. The first-order valence-electron chi connectivity index (χ1n) is 4.95. The van der Waals surface area contributed by atoms with Gasteiger partial charge in [0.2, 0.25) is 0 Å². The first-order valence-corrected chi connectivity index (χ1v) is 5.33.